The number of hydrogen-bond acceptors (Lipinski definition) is 4. The van der Waals surface area contributed by atoms with Gasteiger partial charge in [-0.05, 0) is 51.9 Å². The van der Waals surface area contributed by atoms with Gasteiger partial charge in [0.2, 0.25) is 5.78 Å². The quantitative estimate of drug-likeness (QED) is 0.635. The molecule has 2 aromatic rings. The summed E-state index contributed by atoms with van der Waals surface area (Å²) in [6.07, 6.45) is 7.42. The number of carbonyl (C=O) groups excluding carboxylic acids is 1. The average Bonchev–Trinajstić information content (AvgIpc) is 2.65. The van der Waals surface area contributed by atoms with Crippen molar-refractivity contribution in [3.8, 4) is 11.2 Å². The zero-order valence-corrected chi connectivity index (χ0v) is 13.2. The van der Waals surface area contributed by atoms with Crippen LogP contribution >= 0.6 is 26.0 Å². The first-order valence-corrected chi connectivity index (χ1v) is 8.98. The second-order valence-electron chi connectivity index (χ2n) is 4.68. The van der Waals surface area contributed by atoms with Gasteiger partial charge in [0, 0.05) is 0 Å². The highest BCUT2D eigenvalue weighted by Crippen LogP contribution is 2.32. The zero-order valence-electron chi connectivity index (χ0n) is 10.8. The largest absolute Gasteiger partial charge is 0.382 e. The van der Waals surface area contributed by atoms with Crippen molar-refractivity contribution in [2.75, 3.05) is 24.5 Å². The Hall–Kier alpha value is -1.52. The van der Waals surface area contributed by atoms with Gasteiger partial charge < -0.3 is 5.73 Å². The van der Waals surface area contributed by atoms with Crippen molar-refractivity contribution in [2.24, 2.45) is 0 Å². The Balaban J connectivity index is 2.57. The Morgan fingerprint density at radius 2 is 2.16 bits per heavy atom. The summed E-state index contributed by atoms with van der Waals surface area (Å²) in [4.78, 5) is 16.1. The molecule has 0 aliphatic rings. The van der Waals surface area contributed by atoms with Gasteiger partial charge in [0.1, 0.15) is 16.4 Å². The van der Waals surface area contributed by atoms with Gasteiger partial charge in [0.25, 0.3) is 0 Å². The van der Waals surface area contributed by atoms with Crippen LogP contribution in [0.2, 0.25) is 0 Å². The van der Waals surface area contributed by atoms with Gasteiger partial charge in [-0.2, -0.15) is 15.1 Å². The monoisotopic (exact) mass is 340 g/mol. The summed E-state index contributed by atoms with van der Waals surface area (Å²) in [5, 5.41) is 7.03. The highest BCUT2D eigenvalue weighted by molar-refractivity contribution is 9.10. The van der Waals surface area contributed by atoms with Gasteiger partial charge in [0.15, 0.2) is 5.82 Å². The minimum Gasteiger partial charge on any atom is -0.382 e. The van der Waals surface area contributed by atoms with E-state index in [2.05, 4.69) is 37.2 Å². The fourth-order valence-electron chi connectivity index (χ4n) is 1.47. The smallest absolute Gasteiger partial charge is 0.239 e. The number of ketones is 1. The van der Waals surface area contributed by atoms with Crippen LogP contribution in [0.3, 0.4) is 0 Å². The van der Waals surface area contributed by atoms with E-state index in [9.17, 15) is 4.79 Å². The van der Waals surface area contributed by atoms with E-state index in [0.29, 0.717) is 15.7 Å². The normalized spacial score (nSPS) is 12.0. The summed E-state index contributed by atoms with van der Waals surface area (Å²) >= 11 is 3.33. The Kier molecular flexibility index (Phi) is 3.56. The van der Waals surface area contributed by atoms with Gasteiger partial charge in [-0.25, -0.2) is 9.50 Å². The van der Waals surface area contributed by atoms with Crippen LogP contribution in [0.4, 0.5) is 5.82 Å². The fourth-order valence-corrected chi connectivity index (χ4v) is 2.37. The standard InChI is InChI=1S/C12H13BrN4OS/c1-19(2,3)5-4-9(18)8-6-10(13)17-11(8)12(14)15-7-16-17/h6-7H,1-3H3,(H2,14,15,16). The highest BCUT2D eigenvalue weighted by atomic mass is 79.9. The molecule has 2 heterocycles. The molecule has 2 N–H and O–H groups in total. The first-order chi connectivity index (χ1) is 8.79. The predicted molar refractivity (Wildman–Crippen MR) is 82.6 cm³/mol. The number of fused-ring (bicyclic) bond motifs is 1. The SMILES string of the molecule is CS(C)(C)C#CC(=O)c1cc(Br)n2ncnc(N)c12. The molecule has 19 heavy (non-hydrogen) atoms. The molecule has 0 saturated heterocycles. The minimum absolute atomic E-state index is 0.258. The van der Waals surface area contributed by atoms with Gasteiger partial charge >= 0.3 is 0 Å². The van der Waals surface area contributed by atoms with E-state index >= 15 is 0 Å². The molecule has 0 saturated carbocycles. The average molecular weight is 341 g/mol. The Labute approximate surface area is 121 Å². The molecule has 0 radical (unpaired) electrons. The maximum Gasteiger partial charge on any atom is 0.239 e. The number of nitrogens with two attached hydrogens (primary N) is 1. The van der Waals surface area contributed by atoms with Crippen LogP contribution in [0.5, 0.6) is 0 Å². The number of anilines is 1. The lowest BCUT2D eigenvalue weighted by molar-refractivity contribution is 0.105. The molecule has 100 valence electrons. The van der Waals surface area contributed by atoms with E-state index < -0.39 is 10.0 Å². The van der Waals surface area contributed by atoms with Crippen LogP contribution < -0.4 is 5.73 Å². The van der Waals surface area contributed by atoms with Crippen LogP contribution in [0.1, 0.15) is 10.4 Å². The van der Waals surface area contributed by atoms with E-state index in [1.165, 1.54) is 10.8 Å². The summed E-state index contributed by atoms with van der Waals surface area (Å²) in [6.45, 7) is 0. The zero-order chi connectivity index (χ0) is 14.2. The number of carbonyl (C=O) groups is 1. The number of aromatic nitrogens is 3. The molecule has 2 aromatic heterocycles. The topological polar surface area (TPSA) is 73.3 Å². The molecule has 0 fully saturated rings. The molecule has 0 bridgehead atoms. The maximum atomic E-state index is 12.2. The first kappa shape index (κ1) is 13.9. The lowest BCUT2D eigenvalue weighted by atomic mass is 10.2. The number of Topliss-reactive ketones (excluding diaryl/α,β-unsaturated/α-hetero) is 1. The lowest BCUT2D eigenvalue weighted by Gasteiger charge is -2.14. The van der Waals surface area contributed by atoms with Gasteiger partial charge in [-0.15, -0.1) is 0 Å². The van der Waals surface area contributed by atoms with E-state index in [4.69, 9.17) is 5.73 Å². The summed E-state index contributed by atoms with van der Waals surface area (Å²) in [5.41, 5.74) is 6.70. The second-order valence-corrected chi connectivity index (χ2v) is 9.37. The Bertz CT molecular complexity index is 721. The summed E-state index contributed by atoms with van der Waals surface area (Å²) in [6, 6.07) is 1.66. The third-order valence-corrected chi connectivity index (χ3v) is 3.53. The minimum atomic E-state index is -1.05. The maximum absolute atomic E-state index is 12.2. The van der Waals surface area contributed by atoms with Crippen LogP contribution in [-0.4, -0.2) is 39.1 Å². The number of nitrogens with zero attached hydrogens (tertiary/aromatic N) is 3. The predicted octanol–water partition coefficient (Wildman–Crippen LogP) is 1.91. The van der Waals surface area contributed by atoms with Crippen molar-refractivity contribution in [3.05, 3.63) is 22.6 Å². The van der Waals surface area contributed by atoms with E-state index in [1.807, 2.05) is 18.8 Å². The molecule has 0 aliphatic carbocycles. The van der Waals surface area contributed by atoms with Crippen LogP contribution in [0.15, 0.2) is 17.0 Å². The molecule has 0 spiro atoms. The van der Waals surface area contributed by atoms with Gasteiger partial charge in [-0.1, -0.05) is 0 Å². The Morgan fingerprint density at radius 1 is 1.47 bits per heavy atom. The third-order valence-electron chi connectivity index (χ3n) is 2.25. The molecular weight excluding hydrogens is 328 g/mol. The van der Waals surface area contributed by atoms with E-state index in [0.717, 1.165) is 0 Å². The molecular formula is C12H13BrN4OS. The van der Waals surface area contributed by atoms with Gasteiger partial charge in [-0.3, -0.25) is 4.79 Å². The van der Waals surface area contributed by atoms with Crippen molar-refractivity contribution in [2.45, 2.75) is 0 Å². The third kappa shape index (κ3) is 2.91. The molecule has 0 aromatic carbocycles. The number of rotatable bonds is 1. The summed E-state index contributed by atoms with van der Waals surface area (Å²) in [5.74, 6) is 2.66. The molecule has 0 atom stereocenters. The van der Waals surface area contributed by atoms with Crippen LogP contribution in [0.25, 0.3) is 5.52 Å². The van der Waals surface area contributed by atoms with Crippen molar-refractivity contribution >= 4 is 43.1 Å². The van der Waals surface area contributed by atoms with E-state index in [1.54, 1.807) is 6.07 Å². The Morgan fingerprint density at radius 3 is 2.79 bits per heavy atom. The van der Waals surface area contributed by atoms with Crippen molar-refractivity contribution in [3.63, 3.8) is 0 Å². The molecule has 0 aliphatic heterocycles. The fraction of sp³-hybridized carbons (Fsp3) is 0.250. The van der Waals surface area contributed by atoms with Crippen LogP contribution in [-0.2, 0) is 0 Å². The van der Waals surface area contributed by atoms with E-state index in [-0.39, 0.29) is 11.6 Å². The molecule has 0 amide bonds. The number of halogens is 1. The summed E-state index contributed by atoms with van der Waals surface area (Å²) in [7, 11) is -1.05. The van der Waals surface area contributed by atoms with Crippen LogP contribution in [0, 0.1) is 11.2 Å². The van der Waals surface area contributed by atoms with Crippen molar-refractivity contribution < 1.29 is 4.79 Å². The highest BCUT2D eigenvalue weighted by Gasteiger charge is 2.16. The second kappa shape index (κ2) is 4.87. The number of hydrogen-bond donors (Lipinski definition) is 1. The van der Waals surface area contributed by atoms with Gasteiger partial charge in [0.05, 0.1) is 5.56 Å². The molecule has 0 unspecified atom stereocenters. The van der Waals surface area contributed by atoms with Crippen molar-refractivity contribution in [1.29, 1.82) is 0 Å². The molecule has 2 rings (SSSR count). The first-order valence-electron chi connectivity index (χ1n) is 5.33. The molecule has 5 nitrogen and oxygen atoms in total. The molecule has 7 heteroatoms. The lowest BCUT2D eigenvalue weighted by Crippen LogP contribution is -2.03. The van der Waals surface area contributed by atoms with Crippen molar-refractivity contribution in [1.82, 2.24) is 14.6 Å². The summed E-state index contributed by atoms with van der Waals surface area (Å²) < 4.78 is 2.17. The number of nitrogen functional groups attached to an aromatic ring is 1.